The number of hydrogen-bond acceptors (Lipinski definition) is 8. The van der Waals surface area contributed by atoms with Crippen molar-refractivity contribution in [3.8, 4) is 34.3 Å². The highest BCUT2D eigenvalue weighted by Gasteiger charge is 2.16. The molecule has 0 unspecified atom stereocenters. The summed E-state index contributed by atoms with van der Waals surface area (Å²) in [5.41, 5.74) is 2.10. The maximum atomic E-state index is 12.0. The van der Waals surface area contributed by atoms with Gasteiger partial charge in [-0.25, -0.2) is 4.79 Å². The van der Waals surface area contributed by atoms with Crippen LogP contribution < -0.4 is 18.9 Å². The Morgan fingerprint density at radius 1 is 0.931 bits per heavy atom. The van der Waals surface area contributed by atoms with Crippen molar-refractivity contribution in [2.24, 2.45) is 0 Å². The third-order valence-electron chi connectivity index (χ3n) is 4.39. The number of benzene rings is 2. The van der Waals surface area contributed by atoms with Gasteiger partial charge in [0, 0.05) is 17.7 Å². The van der Waals surface area contributed by atoms with Crippen molar-refractivity contribution in [2.75, 3.05) is 13.6 Å². The molecule has 8 nitrogen and oxygen atoms in total. The van der Waals surface area contributed by atoms with Gasteiger partial charge in [0.2, 0.25) is 13.6 Å². The van der Waals surface area contributed by atoms with E-state index in [9.17, 15) is 4.79 Å². The minimum atomic E-state index is -0.490. The molecule has 2 aliphatic heterocycles. The van der Waals surface area contributed by atoms with Crippen LogP contribution in [0, 0.1) is 0 Å². The number of carbonyl (C=O) groups excluding carboxylic acids is 1. The number of fused-ring (bicyclic) bond motifs is 2. The second-order valence-electron chi connectivity index (χ2n) is 6.30. The van der Waals surface area contributed by atoms with E-state index >= 15 is 0 Å². The number of nitrogens with zero attached hydrogens (tertiary/aromatic N) is 1. The normalized spacial score (nSPS) is 13.8. The van der Waals surface area contributed by atoms with Crippen LogP contribution in [0.4, 0.5) is 0 Å². The fourth-order valence-corrected chi connectivity index (χ4v) is 2.94. The van der Waals surface area contributed by atoms with Crippen molar-refractivity contribution in [2.45, 2.75) is 6.61 Å². The Kier molecular flexibility index (Phi) is 4.28. The molecule has 5 rings (SSSR count). The molecule has 0 N–H and O–H groups in total. The summed E-state index contributed by atoms with van der Waals surface area (Å²) < 4.78 is 31.8. The third kappa shape index (κ3) is 3.60. The molecule has 0 radical (unpaired) electrons. The highest BCUT2D eigenvalue weighted by molar-refractivity contribution is 5.87. The van der Waals surface area contributed by atoms with Crippen LogP contribution in [-0.4, -0.2) is 24.7 Å². The molecule has 0 amide bonds. The van der Waals surface area contributed by atoms with E-state index in [1.165, 1.54) is 6.08 Å². The van der Waals surface area contributed by atoms with E-state index in [-0.39, 0.29) is 20.2 Å². The number of rotatable bonds is 5. The predicted molar refractivity (Wildman–Crippen MR) is 99.5 cm³/mol. The zero-order valence-electron chi connectivity index (χ0n) is 15.1. The minimum Gasteiger partial charge on any atom is -0.456 e. The third-order valence-corrected chi connectivity index (χ3v) is 4.39. The quantitative estimate of drug-likeness (QED) is 0.480. The monoisotopic (exact) mass is 393 g/mol. The average Bonchev–Trinajstić information content (AvgIpc) is 3.49. The number of carbonyl (C=O) groups is 1. The van der Waals surface area contributed by atoms with Crippen molar-refractivity contribution < 1.29 is 33.0 Å². The molecule has 0 atom stereocenters. The molecule has 2 aliphatic rings. The van der Waals surface area contributed by atoms with Crippen molar-refractivity contribution >= 4 is 12.0 Å². The molecule has 0 aliphatic carbocycles. The molecule has 3 heterocycles. The fraction of sp³-hybridized carbons (Fsp3) is 0.143. The first-order valence-corrected chi connectivity index (χ1v) is 8.85. The van der Waals surface area contributed by atoms with Gasteiger partial charge in [0.15, 0.2) is 28.8 Å². The minimum absolute atomic E-state index is 0.00162. The van der Waals surface area contributed by atoms with Gasteiger partial charge >= 0.3 is 5.97 Å². The first-order valence-electron chi connectivity index (χ1n) is 8.85. The zero-order chi connectivity index (χ0) is 19.6. The molecule has 8 heteroatoms. The molecule has 0 saturated carbocycles. The summed E-state index contributed by atoms with van der Waals surface area (Å²) in [4.78, 5) is 12.0. The smallest absolute Gasteiger partial charge is 0.331 e. The summed E-state index contributed by atoms with van der Waals surface area (Å²) in [5, 5.41) is 3.94. The standard InChI is InChI=1S/C21H15NO7/c23-21(6-2-13-1-4-16-19(7-13)27-11-25-16)24-10-15-9-18(29-22-15)14-3-5-17-20(8-14)28-12-26-17/h1-9H,10-12H2/b6-2+. The van der Waals surface area contributed by atoms with Gasteiger partial charge in [-0.15, -0.1) is 0 Å². The van der Waals surface area contributed by atoms with Crippen LogP contribution in [0.25, 0.3) is 17.4 Å². The maximum Gasteiger partial charge on any atom is 0.331 e. The second-order valence-corrected chi connectivity index (χ2v) is 6.30. The lowest BCUT2D eigenvalue weighted by Crippen LogP contribution is -2.00. The van der Waals surface area contributed by atoms with Gasteiger partial charge in [-0.1, -0.05) is 11.2 Å². The molecule has 2 aromatic carbocycles. The Hall–Kier alpha value is -3.94. The Labute approximate surface area is 165 Å². The summed E-state index contributed by atoms with van der Waals surface area (Å²) in [6, 6.07) is 12.6. The number of esters is 1. The fourth-order valence-electron chi connectivity index (χ4n) is 2.94. The summed E-state index contributed by atoms with van der Waals surface area (Å²) >= 11 is 0. The highest BCUT2D eigenvalue weighted by Crippen LogP contribution is 2.36. The van der Waals surface area contributed by atoms with Crippen LogP contribution in [0.5, 0.6) is 23.0 Å². The largest absolute Gasteiger partial charge is 0.456 e. The Morgan fingerprint density at radius 2 is 1.66 bits per heavy atom. The molecule has 29 heavy (non-hydrogen) atoms. The second kappa shape index (κ2) is 7.23. The number of ether oxygens (including phenoxy) is 5. The molecule has 146 valence electrons. The van der Waals surface area contributed by atoms with Gasteiger partial charge in [-0.3, -0.25) is 0 Å². The van der Waals surface area contributed by atoms with E-state index in [2.05, 4.69) is 5.16 Å². The molecule has 0 saturated heterocycles. The zero-order valence-corrected chi connectivity index (χ0v) is 15.1. The molecular weight excluding hydrogens is 378 g/mol. The van der Waals surface area contributed by atoms with Gasteiger partial charge in [-0.05, 0) is 42.0 Å². The Balaban J connectivity index is 1.19. The lowest BCUT2D eigenvalue weighted by atomic mass is 10.1. The first-order chi connectivity index (χ1) is 14.2. The Morgan fingerprint density at radius 3 is 2.48 bits per heavy atom. The summed E-state index contributed by atoms with van der Waals surface area (Å²) in [5.74, 6) is 2.74. The van der Waals surface area contributed by atoms with Gasteiger partial charge in [0.05, 0.1) is 0 Å². The molecule has 1 aromatic heterocycles. The van der Waals surface area contributed by atoms with Gasteiger partial charge in [-0.2, -0.15) is 0 Å². The molecule has 0 bridgehead atoms. The highest BCUT2D eigenvalue weighted by atomic mass is 16.7. The lowest BCUT2D eigenvalue weighted by molar-refractivity contribution is -0.139. The van der Waals surface area contributed by atoms with Gasteiger partial charge in [0.25, 0.3) is 0 Å². The van der Waals surface area contributed by atoms with Crippen LogP contribution in [0.3, 0.4) is 0 Å². The molecular formula is C21H15NO7. The van der Waals surface area contributed by atoms with Crippen LogP contribution in [0.2, 0.25) is 0 Å². The first kappa shape index (κ1) is 17.2. The van der Waals surface area contributed by atoms with Crippen LogP contribution in [0.15, 0.2) is 53.1 Å². The van der Waals surface area contributed by atoms with Crippen LogP contribution in [0.1, 0.15) is 11.3 Å². The van der Waals surface area contributed by atoms with E-state index in [1.54, 1.807) is 30.3 Å². The van der Waals surface area contributed by atoms with Crippen LogP contribution in [-0.2, 0) is 16.1 Å². The van der Waals surface area contributed by atoms with Crippen LogP contribution >= 0.6 is 0 Å². The van der Waals surface area contributed by atoms with E-state index in [0.29, 0.717) is 34.5 Å². The van der Waals surface area contributed by atoms with E-state index in [1.807, 2.05) is 18.2 Å². The van der Waals surface area contributed by atoms with Crippen molar-refractivity contribution in [3.05, 3.63) is 59.8 Å². The summed E-state index contributed by atoms with van der Waals surface area (Å²) in [6.45, 7) is 0.408. The average molecular weight is 393 g/mol. The lowest BCUT2D eigenvalue weighted by Gasteiger charge is -1.99. The summed E-state index contributed by atoms with van der Waals surface area (Å²) in [6.07, 6.45) is 2.99. The van der Waals surface area contributed by atoms with E-state index < -0.39 is 5.97 Å². The SMILES string of the molecule is O=C(/C=C/c1ccc2c(c1)OCO2)OCc1cc(-c2ccc3c(c2)OCO3)on1. The number of hydrogen-bond donors (Lipinski definition) is 0. The van der Waals surface area contributed by atoms with E-state index in [4.69, 9.17) is 28.2 Å². The van der Waals surface area contributed by atoms with Crippen molar-refractivity contribution in [3.63, 3.8) is 0 Å². The van der Waals surface area contributed by atoms with Gasteiger partial charge in [0.1, 0.15) is 12.3 Å². The van der Waals surface area contributed by atoms with Gasteiger partial charge < -0.3 is 28.2 Å². The van der Waals surface area contributed by atoms with Crippen molar-refractivity contribution in [1.29, 1.82) is 0 Å². The molecule has 0 fully saturated rings. The molecule has 0 spiro atoms. The Bertz CT molecular complexity index is 1100. The number of aromatic nitrogens is 1. The van der Waals surface area contributed by atoms with E-state index in [0.717, 1.165) is 11.1 Å². The maximum absolute atomic E-state index is 12.0. The predicted octanol–water partition coefficient (Wildman–Crippen LogP) is 3.56. The van der Waals surface area contributed by atoms with Crippen molar-refractivity contribution in [1.82, 2.24) is 5.16 Å². The topological polar surface area (TPSA) is 89.3 Å². The summed E-state index contributed by atoms with van der Waals surface area (Å²) in [7, 11) is 0. The molecule has 3 aromatic rings.